The largest absolute Gasteiger partial charge is 0.502 e. The van der Waals surface area contributed by atoms with Crippen molar-refractivity contribution in [1.82, 2.24) is 0 Å². The van der Waals surface area contributed by atoms with Gasteiger partial charge in [0, 0.05) is 29.1 Å². The lowest BCUT2D eigenvalue weighted by molar-refractivity contribution is 0.249. The molecule has 162 valence electrons. The minimum atomic E-state index is -3.41. The van der Waals surface area contributed by atoms with E-state index in [9.17, 15) is 18.3 Å². The van der Waals surface area contributed by atoms with E-state index in [2.05, 4.69) is 23.7 Å². The van der Waals surface area contributed by atoms with Crippen molar-refractivity contribution in [3.63, 3.8) is 0 Å². The van der Waals surface area contributed by atoms with Crippen molar-refractivity contribution >= 4 is 15.5 Å². The van der Waals surface area contributed by atoms with Gasteiger partial charge in [-0.05, 0) is 60.4 Å². The van der Waals surface area contributed by atoms with Crippen LogP contribution in [0.2, 0.25) is 0 Å². The lowest BCUT2D eigenvalue weighted by atomic mass is 10.2. The van der Waals surface area contributed by atoms with Crippen LogP contribution in [-0.4, -0.2) is 19.8 Å². The number of rotatable bonds is 5. The SMILES string of the molecule is CS(=O)(=O)Cc1cc(=O)c(O)c(COc2ccc(C#CC#Cc3ccc(N)cc3)cc2)o1. The van der Waals surface area contributed by atoms with Crippen molar-refractivity contribution in [2.45, 2.75) is 12.4 Å². The highest BCUT2D eigenvalue weighted by Crippen LogP contribution is 2.19. The number of nitrogens with two attached hydrogens (primary N) is 1. The molecule has 3 aromatic rings. The summed E-state index contributed by atoms with van der Waals surface area (Å²) in [7, 11) is -3.41. The molecule has 0 spiro atoms. The Balaban J connectivity index is 1.65. The van der Waals surface area contributed by atoms with E-state index in [-0.39, 0.29) is 18.1 Å². The van der Waals surface area contributed by atoms with Crippen LogP contribution in [-0.2, 0) is 22.2 Å². The first kappa shape index (κ1) is 22.5. The lowest BCUT2D eigenvalue weighted by Crippen LogP contribution is -2.10. The average Bonchev–Trinajstić information content (AvgIpc) is 2.73. The maximum absolute atomic E-state index is 11.8. The van der Waals surface area contributed by atoms with Crippen molar-refractivity contribution in [3.05, 3.63) is 87.5 Å². The fourth-order valence-electron chi connectivity index (χ4n) is 2.57. The predicted molar refractivity (Wildman–Crippen MR) is 121 cm³/mol. The van der Waals surface area contributed by atoms with Crippen LogP contribution in [0.3, 0.4) is 0 Å². The third-order valence-corrected chi connectivity index (χ3v) is 4.87. The zero-order valence-corrected chi connectivity index (χ0v) is 17.9. The quantitative estimate of drug-likeness (QED) is 0.453. The molecule has 0 aliphatic heterocycles. The fraction of sp³-hybridized carbons (Fsp3) is 0.125. The van der Waals surface area contributed by atoms with E-state index in [4.69, 9.17) is 14.9 Å². The molecule has 0 amide bonds. The number of aromatic hydroxyl groups is 1. The van der Waals surface area contributed by atoms with Crippen LogP contribution < -0.4 is 15.9 Å². The Morgan fingerprint density at radius 1 is 1.00 bits per heavy atom. The number of hydrogen-bond acceptors (Lipinski definition) is 7. The van der Waals surface area contributed by atoms with Gasteiger partial charge in [0.1, 0.15) is 23.9 Å². The second kappa shape index (κ2) is 9.78. The third-order valence-electron chi connectivity index (χ3n) is 4.06. The Hall–Kier alpha value is -4.14. The Morgan fingerprint density at radius 2 is 1.56 bits per heavy atom. The van der Waals surface area contributed by atoms with Crippen molar-refractivity contribution in [3.8, 4) is 35.2 Å². The molecule has 0 atom stereocenters. The molecule has 32 heavy (non-hydrogen) atoms. The standard InChI is InChI=1S/C24H19NO6S/c1-32(28,29)16-21-14-22(26)24(27)23(31-21)15-30-20-12-8-18(9-13-20)5-3-2-4-17-6-10-19(25)11-7-17/h6-14,27H,15-16,25H2,1H3. The zero-order valence-electron chi connectivity index (χ0n) is 17.1. The molecule has 0 unspecified atom stereocenters. The molecule has 8 heteroatoms. The van der Waals surface area contributed by atoms with Gasteiger partial charge >= 0.3 is 0 Å². The smallest absolute Gasteiger partial charge is 0.227 e. The highest BCUT2D eigenvalue weighted by Gasteiger charge is 2.15. The molecule has 0 saturated heterocycles. The van der Waals surface area contributed by atoms with Crippen LogP contribution >= 0.6 is 0 Å². The Labute approximate surface area is 185 Å². The van der Waals surface area contributed by atoms with Crippen molar-refractivity contribution < 1.29 is 22.7 Å². The van der Waals surface area contributed by atoms with E-state index >= 15 is 0 Å². The third kappa shape index (κ3) is 6.69. The molecule has 0 saturated carbocycles. The van der Waals surface area contributed by atoms with Gasteiger partial charge in [0.2, 0.25) is 11.2 Å². The molecule has 3 rings (SSSR count). The second-order valence-electron chi connectivity index (χ2n) is 6.85. The number of nitrogen functional groups attached to an aromatic ring is 1. The minimum absolute atomic E-state index is 0.0698. The van der Waals surface area contributed by atoms with Gasteiger partial charge in [0.25, 0.3) is 0 Å². The summed E-state index contributed by atoms with van der Waals surface area (Å²) in [6.07, 6.45) is 1.02. The number of benzene rings is 2. The Bertz CT molecular complexity index is 1400. The van der Waals surface area contributed by atoms with Gasteiger partial charge in [0.05, 0.1) is 0 Å². The van der Waals surface area contributed by atoms with Crippen LogP contribution in [0.1, 0.15) is 22.6 Å². The van der Waals surface area contributed by atoms with Crippen LogP contribution in [0.5, 0.6) is 11.5 Å². The number of ether oxygens (including phenoxy) is 1. The molecule has 0 radical (unpaired) electrons. The fourth-order valence-corrected chi connectivity index (χ4v) is 3.23. The number of hydrogen-bond donors (Lipinski definition) is 2. The molecule has 0 bridgehead atoms. The Kier molecular flexibility index (Phi) is 6.89. The van der Waals surface area contributed by atoms with Crippen molar-refractivity contribution in [2.75, 3.05) is 12.0 Å². The van der Waals surface area contributed by atoms with E-state index < -0.39 is 26.8 Å². The van der Waals surface area contributed by atoms with E-state index in [0.717, 1.165) is 17.9 Å². The monoisotopic (exact) mass is 449 g/mol. The van der Waals surface area contributed by atoms with Gasteiger partial charge in [-0.1, -0.05) is 11.8 Å². The summed E-state index contributed by atoms with van der Waals surface area (Å²) in [5.41, 5.74) is 7.09. The van der Waals surface area contributed by atoms with E-state index in [1.54, 1.807) is 36.4 Å². The maximum Gasteiger partial charge on any atom is 0.227 e. The van der Waals surface area contributed by atoms with Crippen LogP contribution in [0.25, 0.3) is 0 Å². The molecule has 1 heterocycles. The summed E-state index contributed by atoms with van der Waals surface area (Å²) in [4.78, 5) is 11.8. The normalized spacial score (nSPS) is 10.4. The molecule has 1 aromatic heterocycles. The molecule has 3 N–H and O–H groups in total. The predicted octanol–water partition coefficient (Wildman–Crippen LogP) is 2.45. The number of anilines is 1. The first-order valence-corrected chi connectivity index (χ1v) is 11.4. The molecular formula is C24H19NO6S. The van der Waals surface area contributed by atoms with Crippen LogP contribution in [0.4, 0.5) is 5.69 Å². The maximum atomic E-state index is 11.8. The minimum Gasteiger partial charge on any atom is -0.502 e. The molecule has 0 aliphatic carbocycles. The summed E-state index contributed by atoms with van der Waals surface area (Å²) in [5.74, 6) is 10.5. The van der Waals surface area contributed by atoms with Gasteiger partial charge in [-0.2, -0.15) is 0 Å². The molecule has 0 fully saturated rings. The summed E-state index contributed by atoms with van der Waals surface area (Å²) in [6.45, 7) is -0.253. The van der Waals surface area contributed by atoms with E-state index in [1.165, 1.54) is 0 Å². The van der Waals surface area contributed by atoms with Crippen LogP contribution in [0.15, 0.2) is 63.8 Å². The van der Waals surface area contributed by atoms with Gasteiger partial charge < -0.3 is 20.0 Å². The van der Waals surface area contributed by atoms with Gasteiger partial charge in [-0.25, -0.2) is 8.42 Å². The summed E-state index contributed by atoms with van der Waals surface area (Å²) in [6, 6.07) is 14.9. The average molecular weight is 449 g/mol. The summed E-state index contributed by atoms with van der Waals surface area (Å²) >= 11 is 0. The molecular weight excluding hydrogens is 430 g/mol. The van der Waals surface area contributed by atoms with E-state index in [0.29, 0.717) is 17.0 Å². The first-order chi connectivity index (χ1) is 15.2. The molecule has 2 aromatic carbocycles. The highest BCUT2D eigenvalue weighted by atomic mass is 32.2. The second-order valence-corrected chi connectivity index (χ2v) is 8.99. The van der Waals surface area contributed by atoms with Gasteiger partial charge in [-0.3, -0.25) is 4.79 Å². The Morgan fingerprint density at radius 3 is 2.12 bits per heavy atom. The van der Waals surface area contributed by atoms with Gasteiger partial charge in [-0.15, -0.1) is 0 Å². The first-order valence-electron chi connectivity index (χ1n) is 9.32. The van der Waals surface area contributed by atoms with Crippen LogP contribution in [0, 0.1) is 23.7 Å². The molecule has 7 nitrogen and oxygen atoms in total. The number of sulfone groups is 1. The van der Waals surface area contributed by atoms with Crippen molar-refractivity contribution in [2.24, 2.45) is 0 Å². The summed E-state index contributed by atoms with van der Waals surface area (Å²) < 4.78 is 33.7. The van der Waals surface area contributed by atoms with Crippen molar-refractivity contribution in [1.29, 1.82) is 0 Å². The lowest BCUT2D eigenvalue weighted by Gasteiger charge is -2.08. The summed E-state index contributed by atoms with van der Waals surface area (Å²) in [5, 5.41) is 9.89. The van der Waals surface area contributed by atoms with Gasteiger partial charge in [0.15, 0.2) is 15.6 Å². The molecule has 0 aliphatic rings. The zero-order chi connectivity index (χ0) is 23.1. The highest BCUT2D eigenvalue weighted by molar-refractivity contribution is 7.89. The van der Waals surface area contributed by atoms with E-state index in [1.807, 2.05) is 12.1 Å². The topological polar surface area (TPSA) is 120 Å².